The minimum atomic E-state index is 0.387. The molecule has 0 bridgehead atoms. The van der Waals surface area contributed by atoms with Crippen molar-refractivity contribution in [3.63, 3.8) is 0 Å². The number of aromatic nitrogens is 1. The maximum atomic E-state index is 5.60. The highest BCUT2D eigenvalue weighted by atomic mass is 32.1. The fourth-order valence-corrected chi connectivity index (χ4v) is 1.96. The van der Waals surface area contributed by atoms with E-state index in [9.17, 15) is 0 Å². The van der Waals surface area contributed by atoms with Gasteiger partial charge in [-0.2, -0.15) is 0 Å². The van der Waals surface area contributed by atoms with E-state index in [4.69, 9.17) is 10.5 Å². The molecule has 1 aromatic heterocycles. The fourth-order valence-electron chi connectivity index (χ4n) is 1.20. The molecule has 0 aliphatic carbocycles. The van der Waals surface area contributed by atoms with E-state index in [1.165, 1.54) is 0 Å². The Balaban J connectivity index is 2.49. The normalized spacial score (nSPS) is 13.4. The molecule has 0 saturated carbocycles. The molecular weight excluding hydrogens is 210 g/mol. The molecule has 0 aliphatic rings. The second-order valence-corrected chi connectivity index (χ2v) is 4.61. The second-order valence-electron chi connectivity index (χ2n) is 3.67. The molecule has 1 atom stereocenters. The molecule has 0 fully saturated rings. The van der Waals surface area contributed by atoms with Crippen LogP contribution in [0.15, 0.2) is 5.38 Å². The van der Waals surface area contributed by atoms with Gasteiger partial charge in [-0.25, -0.2) is 4.98 Å². The van der Waals surface area contributed by atoms with Gasteiger partial charge in [0, 0.05) is 31.6 Å². The highest BCUT2D eigenvalue weighted by Crippen LogP contribution is 2.12. The van der Waals surface area contributed by atoms with Crippen molar-refractivity contribution >= 4 is 11.3 Å². The summed E-state index contributed by atoms with van der Waals surface area (Å²) < 4.78 is 5.03. The number of methoxy groups -OCH3 is 1. The molecule has 5 heteroatoms. The number of likely N-dealkylation sites (N-methyl/N-ethyl adjacent to an activating group) is 1. The first-order valence-corrected chi connectivity index (χ1v) is 5.87. The third-order valence-electron chi connectivity index (χ3n) is 2.37. The van der Waals surface area contributed by atoms with E-state index in [2.05, 4.69) is 29.2 Å². The van der Waals surface area contributed by atoms with E-state index in [1.807, 2.05) is 0 Å². The van der Waals surface area contributed by atoms with Gasteiger partial charge in [-0.15, -0.1) is 11.3 Å². The highest BCUT2D eigenvalue weighted by molar-refractivity contribution is 7.09. The van der Waals surface area contributed by atoms with Crippen LogP contribution in [0.2, 0.25) is 0 Å². The second kappa shape index (κ2) is 6.17. The van der Waals surface area contributed by atoms with E-state index < -0.39 is 0 Å². The maximum Gasteiger partial charge on any atom is 0.119 e. The summed E-state index contributed by atoms with van der Waals surface area (Å²) in [5, 5.41) is 3.11. The summed E-state index contributed by atoms with van der Waals surface area (Å²) in [6.45, 7) is 4.23. The molecule has 1 unspecified atom stereocenters. The lowest BCUT2D eigenvalue weighted by atomic mass is 10.3. The third kappa shape index (κ3) is 3.87. The Labute approximate surface area is 95.1 Å². The summed E-state index contributed by atoms with van der Waals surface area (Å²) in [4.78, 5) is 6.67. The molecule has 0 saturated heterocycles. The number of nitrogens with two attached hydrogens (primary N) is 1. The minimum Gasteiger partial charge on any atom is -0.378 e. The number of ether oxygens (including phenoxy) is 1. The average molecular weight is 229 g/mol. The van der Waals surface area contributed by atoms with Gasteiger partial charge in [0.25, 0.3) is 0 Å². The number of hydrogen-bond acceptors (Lipinski definition) is 5. The largest absolute Gasteiger partial charge is 0.378 e. The van der Waals surface area contributed by atoms with Crippen LogP contribution in [0.25, 0.3) is 0 Å². The number of rotatable bonds is 6. The van der Waals surface area contributed by atoms with E-state index >= 15 is 0 Å². The van der Waals surface area contributed by atoms with Gasteiger partial charge in [-0.05, 0) is 14.0 Å². The van der Waals surface area contributed by atoms with Gasteiger partial charge in [0.15, 0.2) is 0 Å². The summed E-state index contributed by atoms with van der Waals surface area (Å²) >= 11 is 1.64. The van der Waals surface area contributed by atoms with Crippen molar-refractivity contribution < 1.29 is 4.74 Å². The van der Waals surface area contributed by atoms with Crippen LogP contribution in [0, 0.1) is 0 Å². The van der Waals surface area contributed by atoms with Crippen molar-refractivity contribution in [2.24, 2.45) is 5.73 Å². The predicted molar refractivity (Wildman–Crippen MR) is 62.8 cm³/mol. The third-order valence-corrected chi connectivity index (χ3v) is 3.24. The molecule has 1 rings (SSSR count). The van der Waals surface area contributed by atoms with E-state index in [0.29, 0.717) is 19.2 Å². The molecule has 4 nitrogen and oxygen atoms in total. The molecule has 1 aromatic rings. The molecule has 15 heavy (non-hydrogen) atoms. The molecule has 86 valence electrons. The van der Waals surface area contributed by atoms with Gasteiger partial charge in [-0.1, -0.05) is 0 Å². The Morgan fingerprint density at radius 2 is 2.40 bits per heavy atom. The zero-order valence-corrected chi connectivity index (χ0v) is 10.4. The van der Waals surface area contributed by atoms with E-state index in [1.54, 1.807) is 18.4 Å². The van der Waals surface area contributed by atoms with Crippen LogP contribution >= 0.6 is 11.3 Å². The SMILES string of the molecule is COCc1nc(CN(C)C(C)CN)cs1. The van der Waals surface area contributed by atoms with Crippen LogP contribution in [-0.4, -0.2) is 36.6 Å². The van der Waals surface area contributed by atoms with Gasteiger partial charge in [0.1, 0.15) is 5.01 Å². The molecule has 0 spiro atoms. The Morgan fingerprint density at radius 1 is 1.67 bits per heavy atom. The van der Waals surface area contributed by atoms with Gasteiger partial charge < -0.3 is 10.5 Å². The monoisotopic (exact) mass is 229 g/mol. The van der Waals surface area contributed by atoms with Crippen molar-refractivity contribution in [1.82, 2.24) is 9.88 Å². The number of hydrogen-bond donors (Lipinski definition) is 1. The molecule has 1 heterocycles. The zero-order valence-electron chi connectivity index (χ0n) is 9.56. The standard InChI is InChI=1S/C10H19N3OS/c1-8(4-11)13(2)5-9-7-15-10(12-9)6-14-3/h7-8H,4-6,11H2,1-3H3. The smallest absolute Gasteiger partial charge is 0.119 e. The van der Waals surface area contributed by atoms with Gasteiger partial charge >= 0.3 is 0 Å². The summed E-state index contributed by atoms with van der Waals surface area (Å²) in [6.07, 6.45) is 0. The van der Waals surface area contributed by atoms with Crippen molar-refractivity contribution in [2.75, 3.05) is 20.7 Å². The Bertz CT molecular complexity index is 290. The van der Waals surface area contributed by atoms with Crippen molar-refractivity contribution in [3.8, 4) is 0 Å². The Hall–Kier alpha value is -0.490. The first kappa shape index (κ1) is 12.6. The number of thiazole rings is 1. The summed E-state index contributed by atoms with van der Waals surface area (Å²) in [6, 6.07) is 0.387. The quantitative estimate of drug-likeness (QED) is 0.793. The van der Waals surface area contributed by atoms with Crippen molar-refractivity contribution in [1.29, 1.82) is 0 Å². The average Bonchev–Trinajstić information content (AvgIpc) is 2.65. The topological polar surface area (TPSA) is 51.4 Å². The first-order chi connectivity index (χ1) is 7.17. The molecule has 0 aromatic carbocycles. The van der Waals surface area contributed by atoms with Crippen molar-refractivity contribution in [2.45, 2.75) is 26.1 Å². The summed E-state index contributed by atoms with van der Waals surface area (Å²) in [5.74, 6) is 0. The van der Waals surface area contributed by atoms with Crippen LogP contribution in [0.5, 0.6) is 0 Å². The molecule has 2 N–H and O–H groups in total. The van der Waals surface area contributed by atoms with Gasteiger partial charge in [-0.3, -0.25) is 4.90 Å². The summed E-state index contributed by atoms with van der Waals surface area (Å²) in [7, 11) is 3.75. The van der Waals surface area contributed by atoms with E-state index in [-0.39, 0.29) is 0 Å². The first-order valence-electron chi connectivity index (χ1n) is 5.00. The highest BCUT2D eigenvalue weighted by Gasteiger charge is 2.09. The lowest BCUT2D eigenvalue weighted by Crippen LogP contribution is -2.34. The molecule has 0 radical (unpaired) electrons. The zero-order chi connectivity index (χ0) is 11.3. The molecular formula is C10H19N3OS. The molecule has 0 aliphatic heterocycles. The Morgan fingerprint density at radius 3 is 3.00 bits per heavy atom. The van der Waals surface area contributed by atoms with Crippen LogP contribution in [0.4, 0.5) is 0 Å². The van der Waals surface area contributed by atoms with Crippen molar-refractivity contribution in [3.05, 3.63) is 16.1 Å². The molecule has 0 amide bonds. The van der Waals surface area contributed by atoms with Crippen LogP contribution in [-0.2, 0) is 17.9 Å². The van der Waals surface area contributed by atoms with Crippen LogP contribution in [0.1, 0.15) is 17.6 Å². The lowest BCUT2D eigenvalue weighted by molar-refractivity contribution is 0.184. The van der Waals surface area contributed by atoms with Crippen LogP contribution in [0.3, 0.4) is 0 Å². The number of nitrogens with zero attached hydrogens (tertiary/aromatic N) is 2. The lowest BCUT2D eigenvalue weighted by Gasteiger charge is -2.21. The van der Waals surface area contributed by atoms with Gasteiger partial charge in [0.05, 0.1) is 12.3 Å². The maximum absolute atomic E-state index is 5.60. The predicted octanol–water partition coefficient (Wildman–Crippen LogP) is 1.07. The van der Waals surface area contributed by atoms with Gasteiger partial charge in [0.2, 0.25) is 0 Å². The minimum absolute atomic E-state index is 0.387. The van der Waals surface area contributed by atoms with E-state index in [0.717, 1.165) is 17.2 Å². The summed E-state index contributed by atoms with van der Waals surface area (Å²) in [5.41, 5.74) is 6.69. The van der Waals surface area contributed by atoms with Crippen LogP contribution < -0.4 is 5.73 Å². The Kier molecular flexibility index (Phi) is 5.17. The fraction of sp³-hybridized carbons (Fsp3) is 0.700.